The molecule has 0 saturated heterocycles. The molecule has 0 atom stereocenters. The second kappa shape index (κ2) is 8.43. The monoisotopic (exact) mass is 385 g/mol. The Bertz CT molecular complexity index is 988. The lowest BCUT2D eigenvalue weighted by Gasteiger charge is -2.13. The number of halogens is 2. The molecule has 1 N–H and O–H groups in total. The first-order valence-corrected chi connectivity index (χ1v) is 8.39. The lowest BCUT2D eigenvalue weighted by Crippen LogP contribution is -2.22. The number of hydrogen-bond acceptors (Lipinski definition) is 5. The zero-order valence-electron chi connectivity index (χ0n) is 15.2. The van der Waals surface area contributed by atoms with Crippen LogP contribution in [0.4, 0.5) is 14.5 Å². The van der Waals surface area contributed by atoms with E-state index < -0.39 is 17.5 Å². The smallest absolute Gasteiger partial charge is 0.322 e. The van der Waals surface area contributed by atoms with Gasteiger partial charge in [0, 0.05) is 0 Å². The van der Waals surface area contributed by atoms with E-state index in [0.29, 0.717) is 17.1 Å². The Morgan fingerprint density at radius 1 is 0.929 bits per heavy atom. The number of aryl methyl sites for hydroxylation is 2. The molecule has 6 nitrogen and oxygen atoms in total. The van der Waals surface area contributed by atoms with Crippen molar-refractivity contribution in [2.24, 2.45) is 0 Å². The molecule has 0 fully saturated rings. The predicted octanol–water partition coefficient (Wildman–Crippen LogP) is 4.18. The van der Waals surface area contributed by atoms with Crippen molar-refractivity contribution in [1.29, 1.82) is 0 Å². The van der Waals surface area contributed by atoms with E-state index in [2.05, 4.69) is 15.3 Å². The van der Waals surface area contributed by atoms with Crippen molar-refractivity contribution < 1.29 is 23.0 Å². The Morgan fingerprint density at radius 3 is 2.04 bits per heavy atom. The highest BCUT2D eigenvalue weighted by Gasteiger charge is 2.15. The summed E-state index contributed by atoms with van der Waals surface area (Å²) < 4.78 is 37.8. The molecule has 0 bridgehead atoms. The van der Waals surface area contributed by atoms with Gasteiger partial charge in [0.1, 0.15) is 0 Å². The first kappa shape index (κ1) is 19.2. The van der Waals surface area contributed by atoms with Gasteiger partial charge in [0.05, 0.1) is 17.1 Å². The van der Waals surface area contributed by atoms with Gasteiger partial charge in [-0.15, -0.1) is 0 Å². The fourth-order valence-corrected chi connectivity index (χ4v) is 2.42. The summed E-state index contributed by atoms with van der Waals surface area (Å²) in [6.45, 7) is 2.92. The standard InChI is InChI=1S/C20H17F2N3O3/c1-12-19(25-18(26)11-27-16-9-5-3-7-14(16)21)13(2)24-20(23-12)28-17-10-6-4-8-15(17)22/h3-10H,11H2,1-2H3,(H,25,26). The number of rotatable bonds is 6. The molecule has 28 heavy (non-hydrogen) atoms. The molecule has 3 rings (SSSR count). The van der Waals surface area contributed by atoms with Gasteiger partial charge in [-0.1, -0.05) is 24.3 Å². The van der Waals surface area contributed by atoms with Gasteiger partial charge in [0.2, 0.25) is 0 Å². The van der Waals surface area contributed by atoms with Crippen molar-refractivity contribution >= 4 is 11.6 Å². The first-order chi connectivity index (χ1) is 13.4. The number of hydrogen-bond donors (Lipinski definition) is 1. The van der Waals surface area contributed by atoms with E-state index in [0.717, 1.165) is 0 Å². The van der Waals surface area contributed by atoms with E-state index in [1.807, 2.05) is 0 Å². The number of ether oxygens (including phenoxy) is 2. The first-order valence-electron chi connectivity index (χ1n) is 8.39. The van der Waals surface area contributed by atoms with Crippen LogP contribution in [0.1, 0.15) is 11.4 Å². The third kappa shape index (κ3) is 4.59. The Labute approximate surface area is 160 Å². The molecule has 3 aromatic rings. The summed E-state index contributed by atoms with van der Waals surface area (Å²) in [4.78, 5) is 20.4. The Balaban J connectivity index is 1.68. The quantitative estimate of drug-likeness (QED) is 0.689. The summed E-state index contributed by atoms with van der Waals surface area (Å²) >= 11 is 0. The van der Waals surface area contributed by atoms with Crippen LogP contribution in [0.3, 0.4) is 0 Å². The molecular formula is C20H17F2N3O3. The number of anilines is 1. The zero-order chi connectivity index (χ0) is 20.1. The van der Waals surface area contributed by atoms with Crippen LogP contribution in [-0.2, 0) is 4.79 Å². The largest absolute Gasteiger partial charge is 0.481 e. The third-order valence-corrected chi connectivity index (χ3v) is 3.75. The molecule has 0 aliphatic carbocycles. The number of nitrogens with zero attached hydrogens (tertiary/aromatic N) is 2. The van der Waals surface area contributed by atoms with Gasteiger partial charge in [-0.3, -0.25) is 4.79 Å². The van der Waals surface area contributed by atoms with Crippen LogP contribution in [0.5, 0.6) is 17.5 Å². The number of nitrogens with one attached hydrogen (secondary N) is 1. The number of carbonyl (C=O) groups is 1. The molecular weight excluding hydrogens is 368 g/mol. The zero-order valence-corrected chi connectivity index (χ0v) is 15.2. The minimum atomic E-state index is -0.555. The van der Waals surface area contributed by atoms with Crippen molar-refractivity contribution in [2.45, 2.75) is 13.8 Å². The Morgan fingerprint density at radius 2 is 1.46 bits per heavy atom. The van der Waals surface area contributed by atoms with E-state index in [4.69, 9.17) is 9.47 Å². The van der Waals surface area contributed by atoms with Crippen LogP contribution in [0.15, 0.2) is 48.5 Å². The highest BCUT2D eigenvalue weighted by atomic mass is 19.1. The molecule has 0 aliphatic heterocycles. The normalized spacial score (nSPS) is 10.4. The summed E-state index contributed by atoms with van der Waals surface area (Å²) in [5, 5.41) is 2.63. The molecule has 0 saturated carbocycles. The van der Waals surface area contributed by atoms with Gasteiger partial charge < -0.3 is 14.8 Å². The predicted molar refractivity (Wildman–Crippen MR) is 98.5 cm³/mol. The van der Waals surface area contributed by atoms with Crippen molar-refractivity contribution in [3.8, 4) is 17.5 Å². The average molecular weight is 385 g/mol. The minimum Gasteiger partial charge on any atom is -0.481 e. The maximum Gasteiger partial charge on any atom is 0.322 e. The fraction of sp³-hybridized carbons (Fsp3) is 0.150. The van der Waals surface area contributed by atoms with Crippen LogP contribution >= 0.6 is 0 Å². The van der Waals surface area contributed by atoms with Gasteiger partial charge in [-0.2, -0.15) is 9.97 Å². The van der Waals surface area contributed by atoms with Gasteiger partial charge in [0.15, 0.2) is 29.7 Å². The van der Waals surface area contributed by atoms with Crippen molar-refractivity contribution in [3.05, 3.63) is 71.6 Å². The molecule has 0 spiro atoms. The highest BCUT2D eigenvalue weighted by molar-refractivity contribution is 5.92. The third-order valence-electron chi connectivity index (χ3n) is 3.75. The maximum absolute atomic E-state index is 13.7. The molecule has 0 aliphatic rings. The van der Waals surface area contributed by atoms with Crippen LogP contribution in [0.25, 0.3) is 0 Å². The number of carbonyl (C=O) groups excluding carboxylic acids is 1. The molecule has 8 heteroatoms. The second-order valence-corrected chi connectivity index (χ2v) is 5.85. The Hall–Kier alpha value is -3.55. The Kier molecular flexibility index (Phi) is 5.78. The van der Waals surface area contributed by atoms with Gasteiger partial charge in [0.25, 0.3) is 5.91 Å². The number of benzene rings is 2. The average Bonchev–Trinajstić information content (AvgIpc) is 2.66. The summed E-state index contributed by atoms with van der Waals surface area (Å²) in [5.41, 5.74) is 1.24. The maximum atomic E-state index is 13.7. The van der Waals surface area contributed by atoms with Gasteiger partial charge >= 0.3 is 6.01 Å². The SMILES string of the molecule is Cc1nc(Oc2ccccc2F)nc(C)c1NC(=O)COc1ccccc1F. The van der Waals surface area contributed by atoms with E-state index in [1.165, 1.54) is 30.3 Å². The van der Waals surface area contributed by atoms with Crippen LogP contribution in [0.2, 0.25) is 0 Å². The second-order valence-electron chi connectivity index (χ2n) is 5.85. The lowest BCUT2D eigenvalue weighted by atomic mass is 10.3. The molecule has 0 radical (unpaired) electrons. The van der Waals surface area contributed by atoms with Crippen LogP contribution < -0.4 is 14.8 Å². The topological polar surface area (TPSA) is 73.3 Å². The minimum absolute atomic E-state index is 0.00336. The van der Waals surface area contributed by atoms with Crippen LogP contribution in [-0.4, -0.2) is 22.5 Å². The molecule has 1 aromatic heterocycles. The molecule has 1 heterocycles. The van der Waals surface area contributed by atoms with Crippen molar-refractivity contribution in [1.82, 2.24) is 9.97 Å². The molecule has 144 valence electrons. The van der Waals surface area contributed by atoms with Gasteiger partial charge in [-0.25, -0.2) is 8.78 Å². The van der Waals surface area contributed by atoms with E-state index in [9.17, 15) is 13.6 Å². The summed E-state index contributed by atoms with van der Waals surface area (Å²) in [6, 6.07) is 11.6. The highest BCUT2D eigenvalue weighted by Crippen LogP contribution is 2.25. The van der Waals surface area contributed by atoms with Crippen molar-refractivity contribution in [3.63, 3.8) is 0 Å². The van der Waals surface area contributed by atoms with E-state index in [1.54, 1.807) is 32.0 Å². The van der Waals surface area contributed by atoms with E-state index in [-0.39, 0.29) is 24.1 Å². The molecule has 0 unspecified atom stereocenters. The number of amides is 1. The molecule has 2 aromatic carbocycles. The van der Waals surface area contributed by atoms with Crippen molar-refractivity contribution in [2.75, 3.05) is 11.9 Å². The van der Waals surface area contributed by atoms with Crippen LogP contribution in [0, 0.1) is 25.5 Å². The summed E-state index contributed by atoms with van der Waals surface area (Å²) in [6.07, 6.45) is 0. The summed E-state index contributed by atoms with van der Waals surface area (Å²) in [5.74, 6) is -1.61. The van der Waals surface area contributed by atoms with E-state index >= 15 is 0 Å². The fourth-order valence-electron chi connectivity index (χ4n) is 2.42. The summed E-state index contributed by atoms with van der Waals surface area (Å²) in [7, 11) is 0. The van der Waals surface area contributed by atoms with Gasteiger partial charge in [-0.05, 0) is 38.1 Å². The number of para-hydroxylation sites is 2. The molecule has 1 amide bonds. The lowest BCUT2D eigenvalue weighted by molar-refractivity contribution is -0.118. The number of aromatic nitrogens is 2.